The normalized spacial score (nSPS) is 13.6. The lowest BCUT2D eigenvalue weighted by molar-refractivity contribution is 0.552. The molecule has 0 aromatic carbocycles. The molecule has 0 aliphatic carbocycles. The molecule has 0 radical (unpaired) electrons. The van der Waals surface area contributed by atoms with Gasteiger partial charge in [0.2, 0.25) is 10.0 Å². The zero-order valence-electron chi connectivity index (χ0n) is 9.26. The summed E-state index contributed by atoms with van der Waals surface area (Å²) in [4.78, 5) is 3.93. The Morgan fingerprint density at radius 2 is 2.31 bits per heavy atom. The van der Waals surface area contributed by atoms with Gasteiger partial charge in [-0.25, -0.2) is 13.1 Å². The van der Waals surface area contributed by atoms with Crippen LogP contribution in [0.4, 0.5) is 0 Å². The van der Waals surface area contributed by atoms with Gasteiger partial charge in [-0.05, 0) is 18.6 Å². The highest BCUT2D eigenvalue weighted by Crippen LogP contribution is 2.05. The third-order valence-corrected chi connectivity index (χ3v) is 3.55. The summed E-state index contributed by atoms with van der Waals surface area (Å²) in [5.41, 5.74) is 5.73. The number of aromatic nitrogens is 1. The van der Waals surface area contributed by atoms with Crippen LogP contribution < -0.4 is 10.5 Å². The smallest absolute Gasteiger partial charge is 0.242 e. The van der Waals surface area contributed by atoms with Crippen LogP contribution in [-0.2, 0) is 10.0 Å². The van der Waals surface area contributed by atoms with Crippen molar-refractivity contribution in [1.82, 2.24) is 9.71 Å². The van der Waals surface area contributed by atoms with Gasteiger partial charge in [0.05, 0.1) is 0 Å². The van der Waals surface area contributed by atoms with Gasteiger partial charge in [0.15, 0.2) is 0 Å². The molecule has 1 heterocycles. The molecule has 0 aliphatic rings. The van der Waals surface area contributed by atoms with E-state index < -0.39 is 10.0 Å². The maximum atomic E-state index is 11.7. The van der Waals surface area contributed by atoms with Crippen molar-refractivity contribution in [3.05, 3.63) is 24.5 Å². The molecule has 3 N–H and O–H groups in total. The summed E-state index contributed by atoms with van der Waals surface area (Å²) in [7, 11) is -3.47. The van der Waals surface area contributed by atoms with E-state index in [2.05, 4.69) is 9.71 Å². The van der Waals surface area contributed by atoms with Crippen molar-refractivity contribution in [2.24, 2.45) is 5.73 Å². The maximum Gasteiger partial charge on any atom is 0.242 e. The van der Waals surface area contributed by atoms with E-state index in [1.807, 2.05) is 6.92 Å². The molecular weight excluding hydrogens is 226 g/mol. The van der Waals surface area contributed by atoms with Gasteiger partial charge in [-0.15, -0.1) is 0 Å². The third-order valence-electron chi connectivity index (χ3n) is 2.14. The van der Waals surface area contributed by atoms with E-state index in [1.54, 1.807) is 6.07 Å². The van der Waals surface area contributed by atoms with E-state index in [0.29, 0.717) is 0 Å². The predicted molar refractivity (Wildman–Crippen MR) is 62.3 cm³/mol. The predicted octanol–water partition coefficient (Wildman–Crippen LogP) is 0.487. The van der Waals surface area contributed by atoms with Crippen LogP contribution in [0.2, 0.25) is 0 Å². The molecule has 90 valence electrons. The highest BCUT2D eigenvalue weighted by atomic mass is 32.2. The van der Waals surface area contributed by atoms with Crippen LogP contribution in [0.15, 0.2) is 29.4 Å². The SMILES string of the molecule is CCCC(N)CNS(=O)(=O)c1cccnc1. The highest BCUT2D eigenvalue weighted by Gasteiger charge is 2.14. The number of rotatable bonds is 6. The number of nitrogens with one attached hydrogen (secondary N) is 1. The molecule has 0 bridgehead atoms. The van der Waals surface area contributed by atoms with E-state index in [4.69, 9.17) is 5.73 Å². The summed E-state index contributed by atoms with van der Waals surface area (Å²) in [5.74, 6) is 0. The molecule has 6 heteroatoms. The number of hydrogen-bond acceptors (Lipinski definition) is 4. The summed E-state index contributed by atoms with van der Waals surface area (Å²) in [6, 6.07) is 2.94. The first-order valence-electron chi connectivity index (χ1n) is 5.21. The summed E-state index contributed by atoms with van der Waals surface area (Å²) in [6.07, 6.45) is 4.58. The average Bonchev–Trinajstić information content (AvgIpc) is 2.28. The second-order valence-corrected chi connectivity index (χ2v) is 5.36. The molecule has 1 atom stereocenters. The fourth-order valence-electron chi connectivity index (χ4n) is 1.28. The Morgan fingerprint density at radius 1 is 1.56 bits per heavy atom. The summed E-state index contributed by atoms with van der Waals surface area (Å²) in [6.45, 7) is 2.26. The second kappa shape index (κ2) is 5.93. The molecule has 1 rings (SSSR count). The van der Waals surface area contributed by atoms with E-state index in [9.17, 15) is 8.42 Å². The molecule has 0 amide bonds. The van der Waals surface area contributed by atoms with E-state index in [-0.39, 0.29) is 17.5 Å². The van der Waals surface area contributed by atoms with Crippen molar-refractivity contribution in [3.8, 4) is 0 Å². The third kappa shape index (κ3) is 3.88. The Hall–Kier alpha value is -0.980. The van der Waals surface area contributed by atoms with E-state index in [1.165, 1.54) is 18.5 Å². The topological polar surface area (TPSA) is 85.1 Å². The molecule has 0 fully saturated rings. The monoisotopic (exact) mass is 243 g/mol. The molecule has 0 aliphatic heterocycles. The second-order valence-electron chi connectivity index (χ2n) is 3.59. The molecule has 16 heavy (non-hydrogen) atoms. The number of nitrogens with zero attached hydrogens (tertiary/aromatic N) is 1. The molecule has 1 aromatic rings. The van der Waals surface area contributed by atoms with Crippen molar-refractivity contribution < 1.29 is 8.42 Å². The number of sulfonamides is 1. The lowest BCUT2D eigenvalue weighted by Gasteiger charge is -2.11. The molecule has 0 spiro atoms. The van der Waals surface area contributed by atoms with Crippen molar-refractivity contribution >= 4 is 10.0 Å². The molecule has 5 nitrogen and oxygen atoms in total. The van der Waals surface area contributed by atoms with Crippen LogP contribution in [-0.4, -0.2) is 26.0 Å². The van der Waals surface area contributed by atoms with Crippen LogP contribution in [0.1, 0.15) is 19.8 Å². The van der Waals surface area contributed by atoms with Crippen LogP contribution in [0.5, 0.6) is 0 Å². The summed E-state index contributed by atoms with van der Waals surface area (Å²) < 4.78 is 25.9. The Bertz CT molecular complexity index is 405. The van der Waals surface area contributed by atoms with Crippen molar-refractivity contribution in [3.63, 3.8) is 0 Å². The average molecular weight is 243 g/mol. The van der Waals surface area contributed by atoms with E-state index in [0.717, 1.165) is 12.8 Å². The Morgan fingerprint density at radius 3 is 2.88 bits per heavy atom. The minimum absolute atomic E-state index is 0.142. The zero-order chi connectivity index (χ0) is 12.0. The van der Waals surface area contributed by atoms with Crippen molar-refractivity contribution in [1.29, 1.82) is 0 Å². The molecular formula is C10H17N3O2S. The fourth-order valence-corrected chi connectivity index (χ4v) is 2.34. The van der Waals surface area contributed by atoms with Gasteiger partial charge in [-0.2, -0.15) is 0 Å². The molecule has 0 saturated heterocycles. The minimum Gasteiger partial charge on any atom is -0.327 e. The number of nitrogens with two attached hydrogens (primary N) is 1. The largest absolute Gasteiger partial charge is 0.327 e. The lowest BCUT2D eigenvalue weighted by Crippen LogP contribution is -2.37. The first-order chi connectivity index (χ1) is 7.56. The quantitative estimate of drug-likeness (QED) is 0.761. The molecule has 1 unspecified atom stereocenters. The van der Waals surface area contributed by atoms with Gasteiger partial charge in [0.25, 0.3) is 0 Å². The van der Waals surface area contributed by atoms with Crippen LogP contribution in [0, 0.1) is 0 Å². The number of hydrogen-bond donors (Lipinski definition) is 2. The van der Waals surface area contributed by atoms with Crippen LogP contribution in [0.3, 0.4) is 0 Å². The summed E-state index contributed by atoms with van der Waals surface area (Å²) >= 11 is 0. The van der Waals surface area contributed by atoms with Gasteiger partial charge < -0.3 is 5.73 Å². The fraction of sp³-hybridized carbons (Fsp3) is 0.500. The maximum absolute atomic E-state index is 11.7. The van der Waals surface area contributed by atoms with Gasteiger partial charge in [-0.3, -0.25) is 4.98 Å². The van der Waals surface area contributed by atoms with Crippen LogP contribution >= 0.6 is 0 Å². The first-order valence-corrected chi connectivity index (χ1v) is 6.70. The lowest BCUT2D eigenvalue weighted by atomic mass is 10.2. The molecule has 0 saturated carbocycles. The minimum atomic E-state index is -3.47. The number of pyridine rings is 1. The Kier molecular flexibility index (Phi) is 4.85. The van der Waals surface area contributed by atoms with Gasteiger partial charge in [0, 0.05) is 25.0 Å². The standard InChI is InChI=1S/C10H17N3O2S/c1-2-4-9(11)7-13-16(14,15)10-5-3-6-12-8-10/h3,5-6,8-9,13H,2,4,7,11H2,1H3. The van der Waals surface area contributed by atoms with Gasteiger partial charge in [-0.1, -0.05) is 13.3 Å². The van der Waals surface area contributed by atoms with Crippen molar-refractivity contribution in [2.75, 3.05) is 6.54 Å². The summed E-state index contributed by atoms with van der Waals surface area (Å²) in [5, 5.41) is 0. The van der Waals surface area contributed by atoms with E-state index >= 15 is 0 Å². The molecule has 1 aromatic heterocycles. The van der Waals surface area contributed by atoms with Gasteiger partial charge >= 0.3 is 0 Å². The highest BCUT2D eigenvalue weighted by molar-refractivity contribution is 7.89. The van der Waals surface area contributed by atoms with Crippen LogP contribution in [0.25, 0.3) is 0 Å². The first kappa shape index (κ1) is 13.1. The Labute approximate surface area is 96.1 Å². The van der Waals surface area contributed by atoms with Crippen molar-refractivity contribution in [2.45, 2.75) is 30.7 Å². The van der Waals surface area contributed by atoms with Gasteiger partial charge in [0.1, 0.15) is 4.90 Å². The Balaban J connectivity index is 2.60. The zero-order valence-corrected chi connectivity index (χ0v) is 10.1.